The molecular weight excluding hydrogens is 287 g/mol. The minimum absolute atomic E-state index is 0.0411. The summed E-state index contributed by atoms with van der Waals surface area (Å²) in [6.07, 6.45) is -4.28. The SMILES string of the molecule is CCN(CC(F)(F)F)c1nc(Cl)nc2sccc12. The minimum atomic E-state index is -4.28. The predicted molar refractivity (Wildman–Crippen MR) is 66.4 cm³/mol. The van der Waals surface area contributed by atoms with Crippen LogP contribution in [0.1, 0.15) is 6.92 Å². The molecule has 0 aliphatic rings. The van der Waals surface area contributed by atoms with Gasteiger partial charge in [-0.1, -0.05) is 0 Å². The molecule has 0 atom stereocenters. The van der Waals surface area contributed by atoms with Crippen LogP contribution in [0.2, 0.25) is 5.28 Å². The summed E-state index contributed by atoms with van der Waals surface area (Å²) >= 11 is 7.05. The molecule has 0 saturated carbocycles. The maximum atomic E-state index is 12.5. The maximum Gasteiger partial charge on any atom is 0.405 e. The quantitative estimate of drug-likeness (QED) is 0.808. The third-order valence-corrected chi connectivity index (χ3v) is 3.30. The predicted octanol–water partition coefficient (Wildman–Crippen LogP) is 3.73. The largest absolute Gasteiger partial charge is 0.405 e. The van der Waals surface area contributed by atoms with Crippen molar-refractivity contribution < 1.29 is 13.2 Å². The average Bonchev–Trinajstić information content (AvgIpc) is 2.71. The van der Waals surface area contributed by atoms with E-state index in [1.807, 2.05) is 0 Å². The van der Waals surface area contributed by atoms with Crippen LogP contribution in [0.3, 0.4) is 0 Å². The number of alkyl halides is 3. The molecule has 2 aromatic heterocycles. The van der Waals surface area contributed by atoms with Crippen LogP contribution < -0.4 is 4.90 Å². The van der Waals surface area contributed by atoms with E-state index in [9.17, 15) is 13.2 Å². The zero-order chi connectivity index (χ0) is 13.3. The highest BCUT2D eigenvalue weighted by atomic mass is 35.5. The number of anilines is 1. The fourth-order valence-corrected chi connectivity index (χ4v) is 2.58. The Balaban J connectivity index is 2.47. The second-order valence-electron chi connectivity index (χ2n) is 3.59. The third kappa shape index (κ3) is 2.84. The topological polar surface area (TPSA) is 29.0 Å². The number of fused-ring (bicyclic) bond motifs is 1. The van der Waals surface area contributed by atoms with Crippen molar-refractivity contribution in [3.8, 4) is 0 Å². The molecular formula is C10H9ClF3N3S. The van der Waals surface area contributed by atoms with Crippen LogP contribution in [0.4, 0.5) is 19.0 Å². The highest BCUT2D eigenvalue weighted by Gasteiger charge is 2.31. The normalized spacial score (nSPS) is 12.1. The molecule has 3 nitrogen and oxygen atoms in total. The van der Waals surface area contributed by atoms with Gasteiger partial charge in [0.2, 0.25) is 5.28 Å². The smallest absolute Gasteiger partial charge is 0.347 e. The Labute approximate surface area is 110 Å². The summed E-state index contributed by atoms with van der Waals surface area (Å²) in [4.78, 5) is 9.62. The van der Waals surface area contributed by atoms with Crippen molar-refractivity contribution >= 4 is 39.0 Å². The molecule has 2 heterocycles. The van der Waals surface area contributed by atoms with Gasteiger partial charge in [-0.25, -0.2) is 4.98 Å². The van der Waals surface area contributed by atoms with Gasteiger partial charge in [-0.05, 0) is 30.0 Å². The monoisotopic (exact) mass is 295 g/mol. The Kier molecular flexibility index (Phi) is 3.63. The second-order valence-corrected chi connectivity index (χ2v) is 4.82. The molecule has 0 saturated heterocycles. The lowest BCUT2D eigenvalue weighted by Gasteiger charge is -2.23. The maximum absolute atomic E-state index is 12.5. The molecule has 0 fully saturated rings. The van der Waals surface area contributed by atoms with Crippen molar-refractivity contribution in [2.24, 2.45) is 0 Å². The first-order chi connectivity index (χ1) is 8.40. The molecule has 18 heavy (non-hydrogen) atoms. The Morgan fingerprint density at radius 2 is 2.11 bits per heavy atom. The summed E-state index contributed by atoms with van der Waals surface area (Å²) in [5, 5.41) is 2.30. The van der Waals surface area contributed by atoms with Crippen molar-refractivity contribution in [1.29, 1.82) is 0 Å². The standard InChI is InChI=1S/C10H9ClF3N3S/c1-2-17(5-10(12,13)14)7-6-3-4-18-8(6)16-9(11)15-7/h3-4H,2,5H2,1H3. The Morgan fingerprint density at radius 3 is 2.72 bits per heavy atom. The van der Waals surface area contributed by atoms with E-state index in [1.54, 1.807) is 18.4 Å². The van der Waals surface area contributed by atoms with Gasteiger partial charge in [-0.3, -0.25) is 0 Å². The lowest BCUT2D eigenvalue weighted by atomic mass is 10.3. The number of thiophene rings is 1. The minimum Gasteiger partial charge on any atom is -0.347 e. The van der Waals surface area contributed by atoms with Crippen molar-refractivity contribution in [1.82, 2.24) is 9.97 Å². The number of halogens is 4. The third-order valence-electron chi connectivity index (χ3n) is 2.33. The molecule has 2 aromatic rings. The van der Waals surface area contributed by atoms with Crippen LogP contribution in [0.5, 0.6) is 0 Å². The Bertz CT molecular complexity index is 555. The van der Waals surface area contributed by atoms with Crippen molar-refractivity contribution in [3.05, 3.63) is 16.7 Å². The zero-order valence-corrected chi connectivity index (χ0v) is 10.9. The van der Waals surface area contributed by atoms with Gasteiger partial charge in [-0.15, -0.1) is 11.3 Å². The molecule has 0 radical (unpaired) electrons. The van der Waals surface area contributed by atoms with Gasteiger partial charge in [0.25, 0.3) is 0 Å². The summed E-state index contributed by atoms with van der Waals surface area (Å²) < 4.78 is 37.5. The van der Waals surface area contributed by atoms with E-state index in [0.29, 0.717) is 10.2 Å². The molecule has 0 bridgehead atoms. The summed E-state index contributed by atoms with van der Waals surface area (Å²) in [5.41, 5.74) is 0. The molecule has 0 N–H and O–H groups in total. The van der Waals surface area contributed by atoms with Crippen LogP contribution in [-0.2, 0) is 0 Å². The van der Waals surface area contributed by atoms with Crippen molar-refractivity contribution in [2.45, 2.75) is 13.1 Å². The second kappa shape index (κ2) is 4.89. The summed E-state index contributed by atoms with van der Waals surface area (Å²) in [5.74, 6) is 0.228. The first kappa shape index (κ1) is 13.4. The van der Waals surface area contributed by atoms with E-state index in [1.165, 1.54) is 11.3 Å². The van der Waals surface area contributed by atoms with E-state index < -0.39 is 12.7 Å². The molecule has 0 spiro atoms. The molecule has 0 aliphatic heterocycles. The highest BCUT2D eigenvalue weighted by molar-refractivity contribution is 7.16. The summed E-state index contributed by atoms with van der Waals surface area (Å²) in [6, 6.07) is 1.70. The van der Waals surface area contributed by atoms with Gasteiger partial charge in [0.1, 0.15) is 17.2 Å². The van der Waals surface area contributed by atoms with Crippen LogP contribution in [0.25, 0.3) is 10.2 Å². The molecule has 0 aromatic carbocycles. The van der Waals surface area contributed by atoms with E-state index in [2.05, 4.69) is 9.97 Å². The zero-order valence-electron chi connectivity index (χ0n) is 9.33. The number of hydrogen-bond acceptors (Lipinski definition) is 4. The first-order valence-corrected chi connectivity index (χ1v) is 6.39. The Hall–Kier alpha value is -1.08. The van der Waals surface area contributed by atoms with Gasteiger partial charge < -0.3 is 4.90 Å². The number of rotatable bonds is 3. The summed E-state index contributed by atoms with van der Waals surface area (Å²) in [7, 11) is 0. The molecule has 0 amide bonds. The van der Waals surface area contributed by atoms with Gasteiger partial charge in [0.05, 0.1) is 5.39 Å². The van der Waals surface area contributed by atoms with Crippen LogP contribution >= 0.6 is 22.9 Å². The van der Waals surface area contributed by atoms with Crippen LogP contribution in [0.15, 0.2) is 11.4 Å². The summed E-state index contributed by atoms with van der Waals surface area (Å²) in [6.45, 7) is 0.777. The lowest BCUT2D eigenvalue weighted by Crippen LogP contribution is -2.34. The molecule has 0 unspecified atom stereocenters. The first-order valence-electron chi connectivity index (χ1n) is 5.13. The van der Waals surface area contributed by atoms with E-state index in [-0.39, 0.29) is 17.6 Å². The molecule has 8 heteroatoms. The molecule has 2 rings (SSSR count). The molecule has 98 valence electrons. The van der Waals surface area contributed by atoms with Crippen LogP contribution in [0, 0.1) is 0 Å². The highest BCUT2D eigenvalue weighted by Crippen LogP contribution is 2.30. The van der Waals surface area contributed by atoms with E-state index in [4.69, 9.17) is 11.6 Å². The van der Waals surface area contributed by atoms with Crippen molar-refractivity contribution in [3.63, 3.8) is 0 Å². The fraction of sp³-hybridized carbons (Fsp3) is 0.400. The lowest BCUT2D eigenvalue weighted by molar-refractivity contribution is -0.119. The average molecular weight is 296 g/mol. The van der Waals surface area contributed by atoms with Gasteiger partial charge in [-0.2, -0.15) is 18.2 Å². The van der Waals surface area contributed by atoms with E-state index in [0.717, 1.165) is 4.90 Å². The van der Waals surface area contributed by atoms with Gasteiger partial charge >= 0.3 is 6.18 Å². The number of aromatic nitrogens is 2. The van der Waals surface area contributed by atoms with Crippen LogP contribution in [-0.4, -0.2) is 29.2 Å². The fourth-order valence-electron chi connectivity index (χ4n) is 1.61. The van der Waals surface area contributed by atoms with Crippen molar-refractivity contribution in [2.75, 3.05) is 18.0 Å². The van der Waals surface area contributed by atoms with Gasteiger partial charge in [0.15, 0.2) is 0 Å². The number of nitrogens with zero attached hydrogens (tertiary/aromatic N) is 3. The van der Waals surface area contributed by atoms with E-state index >= 15 is 0 Å². The number of hydrogen-bond donors (Lipinski definition) is 0. The molecule has 0 aliphatic carbocycles. The Morgan fingerprint density at radius 1 is 1.39 bits per heavy atom. The van der Waals surface area contributed by atoms with Gasteiger partial charge in [0, 0.05) is 6.54 Å².